The molecule has 0 aliphatic carbocycles. The lowest BCUT2D eigenvalue weighted by atomic mass is 10.2. The predicted octanol–water partition coefficient (Wildman–Crippen LogP) is 3.08. The Labute approximate surface area is 115 Å². The van der Waals surface area contributed by atoms with Crippen LogP contribution in [0.3, 0.4) is 0 Å². The maximum atomic E-state index is 11.3. The molecule has 6 heteroatoms. The molecule has 0 saturated carbocycles. The number of carbonyl (C=O) groups is 2. The van der Waals surface area contributed by atoms with Crippen molar-refractivity contribution in [1.82, 2.24) is 0 Å². The summed E-state index contributed by atoms with van der Waals surface area (Å²) in [5.41, 5.74) is 0.776. The first kappa shape index (κ1) is 15.2. The van der Waals surface area contributed by atoms with Gasteiger partial charge in [-0.25, -0.2) is 9.59 Å². The third-order valence-electron chi connectivity index (χ3n) is 2.05. The Morgan fingerprint density at radius 1 is 1.32 bits per heavy atom. The summed E-state index contributed by atoms with van der Waals surface area (Å²) in [6.07, 6.45) is 1.28. The van der Waals surface area contributed by atoms with E-state index in [1.54, 1.807) is 13.8 Å². The fraction of sp³-hybridized carbons (Fsp3) is 0.385. The Hall–Kier alpha value is -1.82. The van der Waals surface area contributed by atoms with Crippen molar-refractivity contribution in [3.63, 3.8) is 0 Å². The van der Waals surface area contributed by atoms with Gasteiger partial charge in [-0.1, -0.05) is 0 Å². The highest BCUT2D eigenvalue weighted by molar-refractivity contribution is 7.07. The van der Waals surface area contributed by atoms with Gasteiger partial charge in [0, 0.05) is 11.6 Å². The molecular formula is C13H16O5S. The molecule has 1 unspecified atom stereocenters. The van der Waals surface area contributed by atoms with Crippen LogP contribution in [0.4, 0.5) is 4.79 Å². The van der Waals surface area contributed by atoms with E-state index in [9.17, 15) is 9.59 Å². The zero-order chi connectivity index (χ0) is 14.1. The second-order valence-electron chi connectivity index (χ2n) is 3.39. The topological polar surface area (TPSA) is 61.8 Å². The Morgan fingerprint density at radius 3 is 2.63 bits per heavy atom. The molecule has 1 atom stereocenters. The zero-order valence-electron chi connectivity index (χ0n) is 10.8. The highest BCUT2D eigenvalue weighted by Crippen LogP contribution is 2.22. The van der Waals surface area contributed by atoms with E-state index < -0.39 is 18.2 Å². The summed E-state index contributed by atoms with van der Waals surface area (Å²) in [7, 11) is 0. The van der Waals surface area contributed by atoms with Crippen LogP contribution in [-0.4, -0.2) is 25.3 Å². The van der Waals surface area contributed by atoms with Gasteiger partial charge in [-0.2, -0.15) is 11.3 Å². The summed E-state index contributed by atoms with van der Waals surface area (Å²) in [6, 6.07) is 1.81. The van der Waals surface area contributed by atoms with Crippen LogP contribution in [-0.2, 0) is 19.0 Å². The molecule has 104 valence electrons. The van der Waals surface area contributed by atoms with Crippen molar-refractivity contribution < 1.29 is 23.8 Å². The Morgan fingerprint density at radius 2 is 2.05 bits per heavy atom. The van der Waals surface area contributed by atoms with Gasteiger partial charge in [-0.3, -0.25) is 0 Å². The van der Waals surface area contributed by atoms with Crippen LogP contribution in [0.15, 0.2) is 29.0 Å². The summed E-state index contributed by atoms with van der Waals surface area (Å²) < 4.78 is 14.6. The van der Waals surface area contributed by atoms with E-state index in [4.69, 9.17) is 14.2 Å². The quantitative estimate of drug-likeness (QED) is 0.593. The van der Waals surface area contributed by atoms with Crippen molar-refractivity contribution in [3.05, 3.63) is 34.5 Å². The van der Waals surface area contributed by atoms with E-state index in [0.29, 0.717) is 6.61 Å². The minimum absolute atomic E-state index is 0.233. The van der Waals surface area contributed by atoms with Gasteiger partial charge in [-0.15, -0.1) is 0 Å². The van der Waals surface area contributed by atoms with Crippen LogP contribution in [0.25, 0.3) is 0 Å². The van der Waals surface area contributed by atoms with Gasteiger partial charge >= 0.3 is 12.1 Å². The first-order chi connectivity index (χ1) is 9.17. The highest BCUT2D eigenvalue weighted by Gasteiger charge is 2.15. The fourth-order valence-corrected chi connectivity index (χ4v) is 1.95. The van der Waals surface area contributed by atoms with Gasteiger partial charge in [0.2, 0.25) is 0 Å². The molecule has 5 nitrogen and oxygen atoms in total. The average Bonchev–Trinajstić information content (AvgIpc) is 2.89. The monoisotopic (exact) mass is 284 g/mol. The minimum Gasteiger partial charge on any atom is -0.463 e. The number of hydrogen-bond acceptors (Lipinski definition) is 6. The van der Waals surface area contributed by atoms with Gasteiger partial charge in [0.1, 0.15) is 0 Å². The minimum atomic E-state index is -0.771. The van der Waals surface area contributed by atoms with Crippen LogP contribution in [0.5, 0.6) is 0 Å². The number of hydrogen-bond donors (Lipinski definition) is 0. The maximum Gasteiger partial charge on any atom is 0.509 e. The molecular weight excluding hydrogens is 268 g/mol. The van der Waals surface area contributed by atoms with Crippen LogP contribution in [0, 0.1) is 0 Å². The smallest absolute Gasteiger partial charge is 0.463 e. The molecule has 0 aliphatic rings. The van der Waals surface area contributed by atoms with Crippen molar-refractivity contribution in [2.75, 3.05) is 13.2 Å². The van der Waals surface area contributed by atoms with Gasteiger partial charge in [0.15, 0.2) is 6.10 Å². The first-order valence-corrected chi connectivity index (χ1v) is 6.82. The van der Waals surface area contributed by atoms with Crippen molar-refractivity contribution in [2.45, 2.75) is 20.0 Å². The number of rotatable bonds is 6. The van der Waals surface area contributed by atoms with Crippen molar-refractivity contribution in [3.8, 4) is 0 Å². The molecule has 0 amide bonds. The summed E-state index contributed by atoms with van der Waals surface area (Å²) in [4.78, 5) is 22.6. The maximum absolute atomic E-state index is 11.3. The van der Waals surface area contributed by atoms with E-state index in [0.717, 1.165) is 5.56 Å². The number of esters is 1. The van der Waals surface area contributed by atoms with E-state index in [1.165, 1.54) is 23.5 Å². The summed E-state index contributed by atoms with van der Waals surface area (Å²) in [5, 5.41) is 3.69. The first-order valence-electron chi connectivity index (χ1n) is 5.87. The van der Waals surface area contributed by atoms with E-state index in [2.05, 4.69) is 0 Å². The van der Waals surface area contributed by atoms with Crippen molar-refractivity contribution >= 4 is 23.5 Å². The molecule has 1 aromatic rings. The summed E-state index contributed by atoms with van der Waals surface area (Å²) in [5.74, 6) is -0.477. The predicted molar refractivity (Wildman–Crippen MR) is 70.9 cm³/mol. The molecule has 19 heavy (non-hydrogen) atoms. The molecule has 1 heterocycles. The molecule has 0 saturated heterocycles. The van der Waals surface area contributed by atoms with E-state index >= 15 is 0 Å². The van der Waals surface area contributed by atoms with Gasteiger partial charge in [0.25, 0.3) is 0 Å². The second kappa shape index (κ2) is 8.31. The summed E-state index contributed by atoms with van der Waals surface area (Å²) in [6.45, 7) is 3.94. The molecule has 0 bridgehead atoms. The molecule has 1 rings (SSSR count). The van der Waals surface area contributed by atoms with Crippen LogP contribution in [0.2, 0.25) is 0 Å². The second-order valence-corrected chi connectivity index (χ2v) is 4.17. The zero-order valence-corrected chi connectivity index (χ0v) is 11.6. The number of ether oxygens (including phenoxy) is 3. The molecule has 0 aliphatic heterocycles. The van der Waals surface area contributed by atoms with Crippen LogP contribution < -0.4 is 0 Å². The Balaban J connectivity index is 2.70. The third kappa shape index (κ3) is 5.56. The van der Waals surface area contributed by atoms with Gasteiger partial charge in [0.05, 0.1) is 13.2 Å². The normalized spacial score (nSPS) is 12.1. The lowest BCUT2D eigenvalue weighted by Crippen LogP contribution is -2.11. The number of thiophene rings is 1. The fourth-order valence-electron chi connectivity index (χ4n) is 1.27. The lowest BCUT2D eigenvalue weighted by Gasteiger charge is -2.12. The molecule has 0 radical (unpaired) electrons. The average molecular weight is 284 g/mol. The van der Waals surface area contributed by atoms with Crippen LogP contribution in [0.1, 0.15) is 25.5 Å². The molecule has 1 aromatic heterocycles. The molecule has 0 aromatic carbocycles. The number of carbonyl (C=O) groups excluding carboxylic acids is 2. The lowest BCUT2D eigenvalue weighted by molar-refractivity contribution is -0.137. The van der Waals surface area contributed by atoms with E-state index in [-0.39, 0.29) is 6.61 Å². The standard InChI is InChI=1S/C13H16O5S/c1-3-16-12(14)6-5-11(10-7-8-19-9-10)18-13(15)17-4-2/h5-9,11H,3-4H2,1-2H3/b6-5-. The molecule has 0 N–H and O–H groups in total. The van der Waals surface area contributed by atoms with Crippen molar-refractivity contribution in [2.24, 2.45) is 0 Å². The largest absolute Gasteiger partial charge is 0.509 e. The Bertz CT molecular complexity index is 424. The van der Waals surface area contributed by atoms with E-state index in [1.807, 2.05) is 16.8 Å². The van der Waals surface area contributed by atoms with Gasteiger partial charge < -0.3 is 14.2 Å². The highest BCUT2D eigenvalue weighted by atomic mass is 32.1. The summed E-state index contributed by atoms with van der Waals surface area (Å²) >= 11 is 1.47. The third-order valence-corrected chi connectivity index (χ3v) is 2.75. The molecule has 0 fully saturated rings. The van der Waals surface area contributed by atoms with Crippen LogP contribution >= 0.6 is 11.3 Å². The van der Waals surface area contributed by atoms with Gasteiger partial charge in [-0.05, 0) is 36.7 Å². The SMILES string of the molecule is CCOC(=O)/C=C\C(OC(=O)OCC)c1ccsc1. The van der Waals surface area contributed by atoms with Crippen molar-refractivity contribution in [1.29, 1.82) is 0 Å². The molecule has 0 spiro atoms. The Kier molecular flexibility index (Phi) is 6.67.